The van der Waals surface area contributed by atoms with Crippen molar-refractivity contribution in [2.75, 3.05) is 12.0 Å². The SMILES string of the molecule is CCC1=C(c2ccc(-c3cnn4c(N)c(S(C)(=O)=O)c(C5CC6CCC(C5)N6C(=O)C5=NN=CCC5CC)nc34)cn2)SC=CC1. The molecule has 240 valence electrons. The molecule has 2 N–H and O–H groups in total. The highest BCUT2D eigenvalue weighted by Gasteiger charge is 2.47. The maximum Gasteiger partial charge on any atom is 0.270 e. The van der Waals surface area contributed by atoms with Crippen molar-refractivity contribution in [2.24, 2.45) is 16.1 Å². The fourth-order valence-corrected chi connectivity index (χ4v) is 9.53. The van der Waals surface area contributed by atoms with Gasteiger partial charge in [0.05, 0.1) is 17.6 Å². The van der Waals surface area contributed by atoms with Gasteiger partial charge in [-0.1, -0.05) is 43.3 Å². The number of sulfone groups is 1. The number of piperidine rings is 1. The van der Waals surface area contributed by atoms with Gasteiger partial charge in [0.25, 0.3) is 5.91 Å². The molecule has 0 aliphatic carbocycles. The number of rotatable bonds is 7. The molecule has 46 heavy (non-hydrogen) atoms. The predicted molar refractivity (Wildman–Crippen MR) is 182 cm³/mol. The van der Waals surface area contributed by atoms with Crippen LogP contribution in [-0.4, -0.2) is 69.1 Å². The first-order valence-corrected chi connectivity index (χ1v) is 18.8. The average Bonchev–Trinajstić information content (AvgIpc) is 3.61. The van der Waals surface area contributed by atoms with Gasteiger partial charge in [0.1, 0.15) is 16.4 Å². The smallest absolute Gasteiger partial charge is 0.270 e. The van der Waals surface area contributed by atoms with Crippen LogP contribution in [0.2, 0.25) is 0 Å². The molecule has 7 rings (SSSR count). The van der Waals surface area contributed by atoms with Gasteiger partial charge in [0.15, 0.2) is 15.5 Å². The van der Waals surface area contributed by atoms with Crippen LogP contribution in [0, 0.1) is 5.92 Å². The van der Waals surface area contributed by atoms with Crippen molar-refractivity contribution in [1.29, 1.82) is 0 Å². The number of carbonyl (C=O) groups excluding carboxylic acids is 1. The molecule has 2 fully saturated rings. The summed E-state index contributed by atoms with van der Waals surface area (Å²) in [5.74, 6) is -0.117. The second-order valence-electron chi connectivity index (χ2n) is 12.6. The standard InChI is InChI=1S/C33H38N8O3S2/c1-4-19-12-13-36-39-28(19)33(42)40-23-9-10-24(40)16-22(15-23)27-30(46(3,43)44)31(34)41-32(38-27)25(18-37-41)21-8-11-26(35-17-21)29-20(5-2)7-6-14-45-29/h6,8,11,13-14,17-19,22-24H,4-5,7,9-10,12,15-16,34H2,1-3H3. The van der Waals surface area contributed by atoms with E-state index in [0.29, 0.717) is 36.3 Å². The van der Waals surface area contributed by atoms with E-state index in [9.17, 15) is 13.2 Å². The number of nitrogens with two attached hydrogens (primary N) is 1. The Morgan fingerprint density at radius 2 is 1.91 bits per heavy atom. The molecule has 13 heteroatoms. The minimum absolute atomic E-state index is 0.0192. The Balaban J connectivity index is 1.24. The highest BCUT2D eigenvalue weighted by atomic mass is 32.2. The number of anilines is 1. The van der Waals surface area contributed by atoms with E-state index >= 15 is 0 Å². The maximum absolute atomic E-state index is 13.8. The Morgan fingerprint density at radius 1 is 1.13 bits per heavy atom. The summed E-state index contributed by atoms with van der Waals surface area (Å²) in [7, 11) is -3.75. The van der Waals surface area contributed by atoms with E-state index in [4.69, 9.17) is 15.7 Å². The first kappa shape index (κ1) is 30.8. The van der Waals surface area contributed by atoms with E-state index in [-0.39, 0.29) is 40.5 Å². The van der Waals surface area contributed by atoms with Crippen LogP contribution in [0.5, 0.6) is 0 Å². The molecule has 3 atom stereocenters. The average molecular weight is 659 g/mol. The Labute approximate surface area is 273 Å². The number of aromatic nitrogens is 4. The Bertz CT molecular complexity index is 1930. The molecule has 3 unspecified atom stereocenters. The molecule has 7 heterocycles. The number of thioether (sulfide) groups is 1. The van der Waals surface area contributed by atoms with Gasteiger partial charge in [-0.25, -0.2) is 13.4 Å². The van der Waals surface area contributed by atoms with E-state index in [1.54, 1.807) is 24.2 Å². The van der Waals surface area contributed by atoms with Crippen LogP contribution in [0.1, 0.15) is 82.5 Å². The van der Waals surface area contributed by atoms with E-state index in [2.05, 4.69) is 40.6 Å². The van der Waals surface area contributed by atoms with Gasteiger partial charge in [-0.15, -0.1) is 5.10 Å². The van der Waals surface area contributed by atoms with E-state index in [0.717, 1.165) is 48.9 Å². The second kappa shape index (κ2) is 12.1. The van der Waals surface area contributed by atoms with Crippen LogP contribution in [0.3, 0.4) is 0 Å². The van der Waals surface area contributed by atoms with Gasteiger partial charge in [0, 0.05) is 58.6 Å². The summed E-state index contributed by atoms with van der Waals surface area (Å²) in [5, 5.41) is 14.9. The lowest BCUT2D eigenvalue weighted by Crippen LogP contribution is -2.50. The molecule has 0 aromatic carbocycles. The Morgan fingerprint density at radius 3 is 2.59 bits per heavy atom. The predicted octanol–water partition coefficient (Wildman–Crippen LogP) is 5.64. The van der Waals surface area contributed by atoms with Crippen molar-refractivity contribution < 1.29 is 13.2 Å². The highest BCUT2D eigenvalue weighted by Crippen LogP contribution is 2.46. The number of hydrogen-bond acceptors (Lipinski definition) is 10. The number of pyridine rings is 1. The molecule has 0 radical (unpaired) electrons. The molecule has 4 aliphatic rings. The van der Waals surface area contributed by atoms with Crippen LogP contribution < -0.4 is 5.73 Å². The lowest BCUT2D eigenvalue weighted by molar-refractivity contribution is -0.128. The highest BCUT2D eigenvalue weighted by molar-refractivity contribution is 8.11. The number of nitrogen functional groups attached to an aromatic ring is 1. The van der Waals surface area contributed by atoms with Crippen molar-refractivity contribution in [2.45, 2.75) is 88.1 Å². The Kier molecular flexibility index (Phi) is 8.08. The lowest BCUT2D eigenvalue weighted by atomic mass is 9.86. The summed E-state index contributed by atoms with van der Waals surface area (Å²) in [4.78, 5) is 26.8. The molecule has 2 saturated heterocycles. The summed E-state index contributed by atoms with van der Waals surface area (Å²) in [5.41, 5.74) is 11.9. The minimum atomic E-state index is -3.75. The van der Waals surface area contributed by atoms with Gasteiger partial charge in [0.2, 0.25) is 0 Å². The fourth-order valence-electron chi connectivity index (χ4n) is 7.51. The molecule has 0 spiro atoms. The van der Waals surface area contributed by atoms with Gasteiger partial charge in [-0.05, 0) is 62.8 Å². The molecule has 11 nitrogen and oxygen atoms in total. The summed E-state index contributed by atoms with van der Waals surface area (Å²) >= 11 is 1.69. The Hall–Kier alpha value is -3.84. The molecular weight excluding hydrogens is 621 g/mol. The summed E-state index contributed by atoms with van der Waals surface area (Å²) in [6.45, 7) is 4.23. The number of amides is 1. The second-order valence-corrected chi connectivity index (χ2v) is 15.4. The van der Waals surface area contributed by atoms with Gasteiger partial charge < -0.3 is 10.6 Å². The number of allylic oxidation sites excluding steroid dienone is 2. The quantitative estimate of drug-likeness (QED) is 0.343. The van der Waals surface area contributed by atoms with Gasteiger partial charge in [-0.2, -0.15) is 14.7 Å². The van der Waals surface area contributed by atoms with Crippen molar-refractivity contribution in [3.63, 3.8) is 0 Å². The zero-order valence-corrected chi connectivity index (χ0v) is 27.9. The molecule has 1 amide bonds. The van der Waals surface area contributed by atoms with E-state index < -0.39 is 9.84 Å². The zero-order chi connectivity index (χ0) is 32.2. The van der Waals surface area contributed by atoms with Crippen LogP contribution in [0.4, 0.5) is 5.82 Å². The number of nitrogens with zero attached hydrogens (tertiary/aromatic N) is 7. The molecule has 4 aliphatic heterocycles. The lowest BCUT2D eigenvalue weighted by Gasteiger charge is -2.40. The molecular formula is C33H38N8O3S2. The first-order valence-electron chi connectivity index (χ1n) is 16.0. The van der Waals surface area contributed by atoms with Crippen LogP contribution in [0.15, 0.2) is 56.7 Å². The third-order valence-electron chi connectivity index (χ3n) is 9.83. The minimum Gasteiger partial charge on any atom is -0.382 e. The normalized spacial score (nSPS) is 24.6. The van der Waals surface area contributed by atoms with Crippen molar-refractivity contribution >= 4 is 55.8 Å². The first-order chi connectivity index (χ1) is 22.2. The molecule has 3 aromatic heterocycles. The van der Waals surface area contributed by atoms with E-state index in [1.807, 2.05) is 23.2 Å². The van der Waals surface area contributed by atoms with Crippen LogP contribution in [-0.2, 0) is 14.6 Å². The third-order valence-corrected chi connectivity index (χ3v) is 12.0. The van der Waals surface area contributed by atoms with Crippen molar-refractivity contribution in [3.8, 4) is 11.1 Å². The summed E-state index contributed by atoms with van der Waals surface area (Å²) in [6, 6.07) is 3.95. The molecule has 0 saturated carbocycles. The summed E-state index contributed by atoms with van der Waals surface area (Å²) < 4.78 is 27.9. The third kappa shape index (κ3) is 5.26. The monoisotopic (exact) mass is 658 g/mol. The van der Waals surface area contributed by atoms with Crippen LogP contribution in [0.25, 0.3) is 21.7 Å². The summed E-state index contributed by atoms with van der Waals surface area (Å²) in [6.07, 6.45) is 14.9. The zero-order valence-electron chi connectivity index (χ0n) is 26.3. The number of carbonyl (C=O) groups is 1. The number of hydrogen-bond donors (Lipinski definition) is 1. The number of fused-ring (bicyclic) bond motifs is 3. The van der Waals surface area contributed by atoms with Gasteiger partial charge >= 0.3 is 0 Å². The topological polar surface area (TPSA) is 148 Å². The van der Waals surface area contributed by atoms with Crippen LogP contribution >= 0.6 is 11.8 Å². The van der Waals surface area contributed by atoms with Gasteiger partial charge in [-0.3, -0.25) is 9.78 Å². The molecule has 2 bridgehead atoms. The largest absolute Gasteiger partial charge is 0.382 e. The van der Waals surface area contributed by atoms with Crippen molar-refractivity contribution in [3.05, 3.63) is 53.0 Å². The molecule has 3 aromatic rings. The van der Waals surface area contributed by atoms with Crippen molar-refractivity contribution in [1.82, 2.24) is 24.5 Å². The maximum atomic E-state index is 13.8. The van der Waals surface area contributed by atoms with E-state index in [1.165, 1.54) is 21.2 Å². The fraction of sp³-hybridized carbons (Fsp3) is 0.455.